The third-order valence-electron chi connectivity index (χ3n) is 9.39. The Morgan fingerprint density at radius 1 is 0.544 bits per heavy atom. The van der Waals surface area contributed by atoms with Crippen LogP contribution in [-0.4, -0.2) is 230 Å². The Morgan fingerprint density at radius 3 is 1.24 bits per heavy atom. The van der Waals surface area contributed by atoms with Crippen LogP contribution < -0.4 is 43.4 Å². The SMILES string of the molecule is CCNC(=O)CCCC(=O)O.CCNC(=O)CN(C)C(=O)CNC(=O)CN(C)C=O.CCNC(=O)CN(C)C=O.CCNC(=O)CN(C)C=O.CN.CN(C=O)CC(N)=O.CNC(=O)OCC1c2ccccc2-c2ccccc21. The summed E-state index contributed by atoms with van der Waals surface area (Å²) in [5, 5.41) is 23.4. The van der Waals surface area contributed by atoms with E-state index in [9.17, 15) is 62.3 Å². The van der Waals surface area contributed by atoms with E-state index in [-0.39, 0.29) is 87.2 Å². The molecule has 2 aromatic rings. The Kier molecular flexibility index (Phi) is 47.6. The highest BCUT2D eigenvalue weighted by Gasteiger charge is 2.29. The lowest BCUT2D eigenvalue weighted by Crippen LogP contribution is -2.44. The van der Waals surface area contributed by atoms with Crippen LogP contribution in [0.25, 0.3) is 11.1 Å². The van der Waals surface area contributed by atoms with Crippen molar-refractivity contribution in [3.8, 4) is 11.1 Å². The van der Waals surface area contributed by atoms with Crippen molar-refractivity contribution < 1.29 is 72.2 Å². The lowest BCUT2D eigenvalue weighted by molar-refractivity contribution is -0.137. The number of carbonyl (C=O) groups excluding carboxylic acids is 12. The van der Waals surface area contributed by atoms with E-state index >= 15 is 0 Å². The smallest absolute Gasteiger partial charge is 0.406 e. The molecule has 444 valence electrons. The van der Waals surface area contributed by atoms with Crippen LogP contribution in [-0.2, 0) is 62.3 Å². The number of fused-ring (bicyclic) bond motifs is 3. The maximum atomic E-state index is 11.6. The van der Waals surface area contributed by atoms with Crippen molar-refractivity contribution in [1.29, 1.82) is 0 Å². The Balaban J connectivity index is -0.000000439. The van der Waals surface area contributed by atoms with E-state index in [0.717, 1.165) is 4.90 Å². The first-order chi connectivity index (χ1) is 37.4. The highest BCUT2D eigenvalue weighted by atomic mass is 16.5. The third kappa shape index (κ3) is 41.2. The van der Waals surface area contributed by atoms with Crippen molar-refractivity contribution in [3.05, 3.63) is 59.7 Å². The third-order valence-corrected chi connectivity index (χ3v) is 9.39. The Labute approximate surface area is 463 Å². The quantitative estimate of drug-likeness (QED) is 0.0455. The van der Waals surface area contributed by atoms with Crippen LogP contribution in [0.3, 0.4) is 0 Å². The Bertz CT molecular complexity index is 2090. The van der Waals surface area contributed by atoms with Crippen LogP contribution in [0, 0.1) is 0 Å². The van der Waals surface area contributed by atoms with Crippen LogP contribution in [0.4, 0.5) is 4.79 Å². The average molecular weight is 1120 g/mol. The topological polar surface area (TPSA) is 392 Å². The molecule has 11 N–H and O–H groups in total. The molecule has 0 spiro atoms. The van der Waals surface area contributed by atoms with E-state index in [4.69, 9.17) is 15.6 Å². The molecule has 0 aromatic heterocycles. The van der Waals surface area contributed by atoms with Gasteiger partial charge in [-0.25, -0.2) is 4.79 Å². The highest BCUT2D eigenvalue weighted by molar-refractivity contribution is 5.89. The van der Waals surface area contributed by atoms with E-state index < -0.39 is 17.8 Å². The minimum absolute atomic E-state index is 0.0104. The number of alkyl carbamates (subject to hydrolysis) is 1. The fraction of sp³-hybridized carbons (Fsp3) is 0.510. The van der Waals surface area contributed by atoms with Gasteiger partial charge in [0.25, 0.3) is 0 Å². The summed E-state index contributed by atoms with van der Waals surface area (Å²) in [5.74, 6) is -2.63. The maximum Gasteiger partial charge on any atom is 0.406 e. The predicted molar refractivity (Wildman–Crippen MR) is 295 cm³/mol. The van der Waals surface area contributed by atoms with Gasteiger partial charge in [-0.15, -0.1) is 0 Å². The second kappa shape index (κ2) is 48.9. The van der Waals surface area contributed by atoms with Gasteiger partial charge in [-0.1, -0.05) is 48.5 Å². The summed E-state index contributed by atoms with van der Waals surface area (Å²) in [7, 11) is 10.6. The minimum Gasteiger partial charge on any atom is -0.481 e. The molecule has 12 amide bonds. The van der Waals surface area contributed by atoms with Crippen molar-refractivity contribution in [2.24, 2.45) is 11.5 Å². The number of benzene rings is 2. The summed E-state index contributed by atoms with van der Waals surface area (Å²) in [5.41, 5.74) is 14.2. The number of primary amides is 1. The zero-order valence-corrected chi connectivity index (χ0v) is 47.5. The molecule has 28 nitrogen and oxygen atoms in total. The number of carboxylic acids is 1. The normalized spacial score (nSPS) is 9.67. The number of rotatable bonds is 26. The van der Waals surface area contributed by atoms with Gasteiger partial charge in [0.2, 0.25) is 67.0 Å². The number of likely N-dealkylation sites (N-methyl/N-ethyl adjacent to an activating group) is 8. The number of ether oxygens (including phenoxy) is 1. The number of hydrogen-bond acceptors (Lipinski definition) is 15. The number of nitrogens with two attached hydrogens (primary N) is 2. The molecule has 2 aromatic carbocycles. The van der Waals surface area contributed by atoms with Crippen molar-refractivity contribution in [3.63, 3.8) is 0 Å². The molecular formula is C51H85N13O15. The molecule has 0 saturated heterocycles. The van der Waals surface area contributed by atoms with Crippen molar-refractivity contribution in [1.82, 2.24) is 56.4 Å². The van der Waals surface area contributed by atoms with Gasteiger partial charge in [-0.3, -0.25) is 57.5 Å². The number of nitrogens with one attached hydrogen (secondary N) is 6. The van der Waals surface area contributed by atoms with E-state index in [2.05, 4.69) is 61.9 Å². The van der Waals surface area contributed by atoms with E-state index in [0.29, 0.717) is 71.3 Å². The molecule has 0 fully saturated rings. The van der Waals surface area contributed by atoms with E-state index in [1.54, 1.807) is 28.1 Å². The molecule has 0 unspecified atom stereocenters. The van der Waals surface area contributed by atoms with Crippen LogP contribution in [0.15, 0.2) is 48.5 Å². The molecule has 0 saturated carbocycles. The molecule has 0 heterocycles. The fourth-order valence-electron chi connectivity index (χ4n) is 5.86. The van der Waals surface area contributed by atoms with Gasteiger partial charge in [0.05, 0.1) is 39.3 Å². The number of amides is 12. The molecule has 1 aliphatic rings. The molecule has 79 heavy (non-hydrogen) atoms. The first kappa shape index (κ1) is 76.8. The molecule has 0 bridgehead atoms. The van der Waals surface area contributed by atoms with Gasteiger partial charge in [0.15, 0.2) is 0 Å². The van der Waals surface area contributed by atoms with Crippen LogP contribution in [0.2, 0.25) is 0 Å². The number of hydrogen-bond donors (Lipinski definition) is 9. The van der Waals surface area contributed by atoms with Gasteiger partial charge in [0.1, 0.15) is 6.61 Å². The molecule has 3 rings (SSSR count). The van der Waals surface area contributed by atoms with Crippen LogP contribution in [0.1, 0.15) is 64.0 Å². The van der Waals surface area contributed by atoms with Gasteiger partial charge >= 0.3 is 12.1 Å². The van der Waals surface area contributed by atoms with Crippen LogP contribution in [0.5, 0.6) is 0 Å². The molecule has 1 aliphatic carbocycles. The minimum atomic E-state index is -0.853. The first-order valence-corrected chi connectivity index (χ1v) is 24.8. The average Bonchev–Trinajstić information content (AvgIpc) is 3.74. The summed E-state index contributed by atoms with van der Waals surface area (Å²) >= 11 is 0. The van der Waals surface area contributed by atoms with Gasteiger partial charge in [-0.2, -0.15) is 0 Å². The van der Waals surface area contributed by atoms with Gasteiger partial charge in [-0.05, 0) is 63.4 Å². The highest BCUT2D eigenvalue weighted by Crippen LogP contribution is 2.44. The standard InChI is InChI=1S/C16H15NO2.C11H20N4O4.C7H13NO3.2C6H12N2O2.C4H8N2O2.CH5N/c1-17-16(18)19-10-15-13-8-4-2-6-11(13)12-7-3-5-9-14(12)15;1-4-12-10(18)7-15(3)11(19)5-13-9(17)6-14(2)8-16;1-2-8-6(9)4-3-5-7(10)11;2*1-3-7-6(10)4-8(2)5-9;1-6(3-7)2-4(5)8;1-2/h2-9,15H,10H2,1H3,(H,17,18);8H,4-7H2,1-3H3,(H,12,18)(H,13,17);2-5H2,1H3,(H,8,9)(H,10,11);2*5H,3-4H2,1-2H3,(H,7,10);3H,2H2,1H3,(H2,5,8);2H2,1H3. The van der Waals surface area contributed by atoms with Crippen molar-refractivity contribution in [2.45, 2.75) is 52.9 Å². The summed E-state index contributed by atoms with van der Waals surface area (Å²) in [6, 6.07) is 16.6. The number of nitrogens with zero attached hydrogens (tertiary/aromatic N) is 5. The van der Waals surface area contributed by atoms with Crippen molar-refractivity contribution in [2.75, 3.05) is 121 Å². The lowest BCUT2D eigenvalue weighted by atomic mass is 9.98. The zero-order valence-electron chi connectivity index (χ0n) is 47.5. The fourth-order valence-corrected chi connectivity index (χ4v) is 5.86. The summed E-state index contributed by atoms with van der Waals surface area (Å²) in [6.07, 6.45) is 2.71. The number of carboxylic acid groups (broad SMARTS) is 1. The predicted octanol–water partition coefficient (Wildman–Crippen LogP) is -2.13. The number of aliphatic carboxylic acids is 1. The zero-order chi connectivity index (χ0) is 61.3. The maximum absolute atomic E-state index is 11.6. The van der Waals surface area contributed by atoms with Crippen LogP contribution >= 0.6 is 0 Å². The van der Waals surface area contributed by atoms with E-state index in [1.165, 1.54) is 70.0 Å². The van der Waals surface area contributed by atoms with E-state index in [1.807, 2.05) is 45.0 Å². The van der Waals surface area contributed by atoms with Gasteiger partial charge < -0.3 is 77.7 Å². The largest absolute Gasteiger partial charge is 0.481 e. The summed E-state index contributed by atoms with van der Waals surface area (Å²) in [4.78, 5) is 144. The molecule has 0 atom stereocenters. The molecule has 28 heteroatoms. The molecule has 0 aliphatic heterocycles. The second-order valence-electron chi connectivity index (χ2n) is 16.2. The lowest BCUT2D eigenvalue weighted by Gasteiger charge is -2.17. The summed E-state index contributed by atoms with van der Waals surface area (Å²) in [6.45, 7) is 9.83. The van der Waals surface area contributed by atoms with Crippen molar-refractivity contribution >= 4 is 79.1 Å². The molecule has 0 radical (unpaired) electrons. The molecular weight excluding hydrogens is 1030 g/mol. The van der Waals surface area contributed by atoms with Gasteiger partial charge in [0, 0.05) is 87.2 Å². The monoisotopic (exact) mass is 1120 g/mol. The number of carbonyl (C=O) groups is 13. The Hall–Kier alpha value is -8.69. The Morgan fingerprint density at radius 2 is 0.899 bits per heavy atom. The second-order valence-corrected chi connectivity index (χ2v) is 16.2. The summed E-state index contributed by atoms with van der Waals surface area (Å²) < 4.78 is 5.24. The first-order valence-electron chi connectivity index (χ1n) is 24.8.